The van der Waals surface area contributed by atoms with Crippen LogP contribution >= 0.6 is 11.6 Å². The Bertz CT molecular complexity index is 830. The van der Waals surface area contributed by atoms with Crippen LogP contribution in [-0.2, 0) is 27.4 Å². The quantitative estimate of drug-likeness (QED) is 0.675. The Labute approximate surface area is 168 Å². The number of ether oxygens (including phenoxy) is 5. The van der Waals surface area contributed by atoms with Gasteiger partial charge in [-0.2, -0.15) is 0 Å². The SMILES string of the molecule is O=C(OCc1cc(Cl)cc2c1OCOC2)c1ccc(OCC2CCCO2)cc1. The first kappa shape index (κ1) is 19.1. The fraction of sp³-hybridized carbons (Fsp3) is 0.381. The Kier molecular flexibility index (Phi) is 6.00. The number of carbonyl (C=O) groups excluding carboxylic acids is 1. The summed E-state index contributed by atoms with van der Waals surface area (Å²) in [7, 11) is 0. The molecule has 1 unspecified atom stereocenters. The molecule has 0 bridgehead atoms. The molecule has 0 N–H and O–H groups in total. The minimum Gasteiger partial charge on any atom is -0.491 e. The summed E-state index contributed by atoms with van der Waals surface area (Å²) in [6.07, 6.45) is 2.25. The fourth-order valence-corrected chi connectivity index (χ4v) is 3.51. The highest BCUT2D eigenvalue weighted by atomic mass is 35.5. The van der Waals surface area contributed by atoms with Gasteiger partial charge < -0.3 is 23.7 Å². The lowest BCUT2D eigenvalue weighted by atomic mass is 10.1. The number of fused-ring (bicyclic) bond motifs is 1. The molecule has 0 amide bonds. The fourth-order valence-electron chi connectivity index (χ4n) is 3.24. The zero-order valence-corrected chi connectivity index (χ0v) is 16.1. The average Bonchev–Trinajstić information content (AvgIpc) is 3.24. The summed E-state index contributed by atoms with van der Waals surface area (Å²) >= 11 is 6.13. The molecule has 1 atom stereocenters. The summed E-state index contributed by atoms with van der Waals surface area (Å²) in [5, 5.41) is 0.548. The van der Waals surface area contributed by atoms with Crippen molar-refractivity contribution in [2.45, 2.75) is 32.2 Å². The lowest BCUT2D eigenvalue weighted by Crippen LogP contribution is -2.16. The van der Waals surface area contributed by atoms with E-state index in [0.29, 0.717) is 35.3 Å². The number of carbonyl (C=O) groups is 1. The summed E-state index contributed by atoms with van der Waals surface area (Å²) in [6, 6.07) is 10.4. The van der Waals surface area contributed by atoms with Crippen LogP contribution in [0.15, 0.2) is 36.4 Å². The summed E-state index contributed by atoms with van der Waals surface area (Å²) < 4.78 is 27.5. The zero-order valence-electron chi connectivity index (χ0n) is 15.3. The molecule has 2 aromatic carbocycles. The molecule has 0 saturated carbocycles. The molecule has 2 aromatic rings. The number of benzene rings is 2. The van der Waals surface area contributed by atoms with Crippen molar-refractivity contribution in [3.05, 3.63) is 58.1 Å². The third-order valence-corrected chi connectivity index (χ3v) is 4.88. The van der Waals surface area contributed by atoms with E-state index in [1.807, 2.05) is 0 Å². The molecule has 148 valence electrons. The van der Waals surface area contributed by atoms with Crippen molar-refractivity contribution in [2.24, 2.45) is 0 Å². The molecule has 2 aliphatic rings. The Morgan fingerprint density at radius 3 is 2.86 bits per heavy atom. The Morgan fingerprint density at radius 1 is 1.21 bits per heavy atom. The van der Waals surface area contributed by atoms with E-state index >= 15 is 0 Å². The molecule has 1 fully saturated rings. The zero-order chi connectivity index (χ0) is 19.3. The maximum absolute atomic E-state index is 12.4. The second kappa shape index (κ2) is 8.82. The van der Waals surface area contributed by atoms with Crippen LogP contribution < -0.4 is 9.47 Å². The highest BCUT2D eigenvalue weighted by Gasteiger charge is 2.19. The third-order valence-electron chi connectivity index (χ3n) is 4.66. The van der Waals surface area contributed by atoms with Gasteiger partial charge in [0.1, 0.15) is 24.7 Å². The van der Waals surface area contributed by atoms with Gasteiger partial charge in [0.2, 0.25) is 0 Å². The van der Waals surface area contributed by atoms with Crippen molar-refractivity contribution in [3.8, 4) is 11.5 Å². The number of esters is 1. The van der Waals surface area contributed by atoms with E-state index in [2.05, 4.69) is 0 Å². The van der Waals surface area contributed by atoms with Crippen molar-refractivity contribution in [1.29, 1.82) is 0 Å². The molecule has 0 radical (unpaired) electrons. The highest BCUT2D eigenvalue weighted by Crippen LogP contribution is 2.32. The Balaban J connectivity index is 1.34. The molecule has 4 rings (SSSR count). The van der Waals surface area contributed by atoms with Gasteiger partial charge in [-0.3, -0.25) is 0 Å². The first-order valence-electron chi connectivity index (χ1n) is 9.22. The Morgan fingerprint density at radius 2 is 2.07 bits per heavy atom. The lowest BCUT2D eigenvalue weighted by molar-refractivity contribution is -0.0180. The molecule has 0 aliphatic carbocycles. The Hall–Kier alpha value is -2.28. The predicted molar refractivity (Wildman–Crippen MR) is 102 cm³/mol. The maximum Gasteiger partial charge on any atom is 0.338 e. The van der Waals surface area contributed by atoms with Crippen LogP contribution in [0.4, 0.5) is 0 Å². The molecule has 2 heterocycles. The summed E-state index contributed by atoms with van der Waals surface area (Å²) in [5.74, 6) is 0.942. The minimum atomic E-state index is -0.425. The van der Waals surface area contributed by atoms with Crippen LogP contribution in [0.5, 0.6) is 11.5 Å². The molecule has 7 heteroatoms. The van der Waals surface area contributed by atoms with E-state index in [1.165, 1.54) is 0 Å². The molecular weight excluding hydrogens is 384 g/mol. The van der Waals surface area contributed by atoms with Crippen LogP contribution in [0.1, 0.15) is 34.3 Å². The molecule has 6 nitrogen and oxygen atoms in total. The summed E-state index contributed by atoms with van der Waals surface area (Å²) in [4.78, 5) is 12.4. The average molecular weight is 405 g/mol. The monoisotopic (exact) mass is 404 g/mol. The molecule has 2 aliphatic heterocycles. The van der Waals surface area contributed by atoms with Crippen LogP contribution in [0.2, 0.25) is 5.02 Å². The smallest absolute Gasteiger partial charge is 0.338 e. The standard InChI is InChI=1S/C21H21ClO6/c22-17-8-15-10-24-13-28-20(15)16(9-17)11-27-21(23)14-3-5-18(6-4-14)26-12-19-2-1-7-25-19/h3-6,8-9,19H,1-2,7,10-13H2. The molecule has 1 saturated heterocycles. The first-order valence-corrected chi connectivity index (χ1v) is 9.60. The van der Waals surface area contributed by atoms with Gasteiger partial charge in [0.25, 0.3) is 0 Å². The van der Waals surface area contributed by atoms with E-state index in [4.69, 9.17) is 35.3 Å². The van der Waals surface area contributed by atoms with E-state index in [9.17, 15) is 4.79 Å². The van der Waals surface area contributed by atoms with Crippen molar-refractivity contribution in [2.75, 3.05) is 20.0 Å². The largest absolute Gasteiger partial charge is 0.491 e. The predicted octanol–water partition coefficient (Wildman–Crippen LogP) is 4.12. The van der Waals surface area contributed by atoms with E-state index in [-0.39, 0.29) is 19.5 Å². The normalized spacial score (nSPS) is 18.2. The minimum absolute atomic E-state index is 0.0684. The van der Waals surface area contributed by atoms with E-state index < -0.39 is 5.97 Å². The highest BCUT2D eigenvalue weighted by molar-refractivity contribution is 6.30. The number of rotatable bonds is 6. The van der Waals surface area contributed by atoms with Gasteiger partial charge in [-0.05, 0) is 49.2 Å². The van der Waals surface area contributed by atoms with Gasteiger partial charge in [-0.1, -0.05) is 11.6 Å². The van der Waals surface area contributed by atoms with Gasteiger partial charge in [0.05, 0.1) is 18.3 Å². The van der Waals surface area contributed by atoms with Gasteiger partial charge in [0.15, 0.2) is 6.79 Å². The van der Waals surface area contributed by atoms with Crippen molar-refractivity contribution < 1.29 is 28.5 Å². The maximum atomic E-state index is 12.4. The van der Waals surface area contributed by atoms with E-state index in [0.717, 1.165) is 30.6 Å². The van der Waals surface area contributed by atoms with Gasteiger partial charge in [0, 0.05) is 22.8 Å². The van der Waals surface area contributed by atoms with Gasteiger partial charge >= 0.3 is 5.97 Å². The second-order valence-electron chi connectivity index (χ2n) is 6.71. The third kappa shape index (κ3) is 4.58. The van der Waals surface area contributed by atoms with Crippen LogP contribution in [0, 0.1) is 0 Å². The van der Waals surface area contributed by atoms with Crippen molar-refractivity contribution in [3.63, 3.8) is 0 Å². The first-order chi connectivity index (χ1) is 13.7. The number of halogens is 1. The summed E-state index contributed by atoms with van der Waals surface area (Å²) in [6.45, 7) is 1.98. The molecular formula is C21H21ClO6. The van der Waals surface area contributed by atoms with Crippen molar-refractivity contribution >= 4 is 17.6 Å². The number of hydrogen-bond donors (Lipinski definition) is 0. The molecule has 0 aromatic heterocycles. The van der Waals surface area contributed by atoms with Gasteiger partial charge in [-0.25, -0.2) is 4.79 Å². The van der Waals surface area contributed by atoms with E-state index in [1.54, 1.807) is 36.4 Å². The molecule has 28 heavy (non-hydrogen) atoms. The van der Waals surface area contributed by atoms with Crippen molar-refractivity contribution in [1.82, 2.24) is 0 Å². The van der Waals surface area contributed by atoms with Crippen LogP contribution in [0.3, 0.4) is 0 Å². The van der Waals surface area contributed by atoms with Crippen LogP contribution in [0.25, 0.3) is 0 Å². The lowest BCUT2D eigenvalue weighted by Gasteiger charge is -2.21. The summed E-state index contributed by atoms with van der Waals surface area (Å²) in [5.41, 5.74) is 2.01. The molecule has 0 spiro atoms. The van der Waals surface area contributed by atoms with Gasteiger partial charge in [-0.15, -0.1) is 0 Å². The topological polar surface area (TPSA) is 63.2 Å². The van der Waals surface area contributed by atoms with Crippen LogP contribution in [-0.4, -0.2) is 32.1 Å². The second-order valence-corrected chi connectivity index (χ2v) is 7.15. The number of hydrogen-bond acceptors (Lipinski definition) is 6.